The minimum Gasteiger partial charge on any atom is -0.328 e. The SMILES string of the molecule is CCSCCCCCC(C)N. The molecule has 0 radical (unpaired) electrons. The van der Waals surface area contributed by atoms with E-state index in [2.05, 4.69) is 13.8 Å². The third-order valence-corrected chi connectivity index (χ3v) is 2.64. The van der Waals surface area contributed by atoms with Crippen molar-refractivity contribution in [1.29, 1.82) is 0 Å². The molecule has 1 unspecified atom stereocenters. The van der Waals surface area contributed by atoms with Crippen LogP contribution in [-0.2, 0) is 0 Å². The van der Waals surface area contributed by atoms with Crippen LogP contribution in [0.1, 0.15) is 39.5 Å². The highest BCUT2D eigenvalue weighted by Crippen LogP contribution is 2.07. The van der Waals surface area contributed by atoms with Crippen LogP contribution in [0.2, 0.25) is 0 Å². The molecule has 0 rings (SSSR count). The Morgan fingerprint density at radius 1 is 1.27 bits per heavy atom. The van der Waals surface area contributed by atoms with Gasteiger partial charge < -0.3 is 5.73 Å². The highest BCUT2D eigenvalue weighted by molar-refractivity contribution is 7.99. The summed E-state index contributed by atoms with van der Waals surface area (Å²) in [7, 11) is 0. The number of thioether (sulfide) groups is 1. The molecule has 0 heterocycles. The molecule has 1 nitrogen and oxygen atoms in total. The summed E-state index contributed by atoms with van der Waals surface area (Å²) in [6.07, 6.45) is 5.22. The molecule has 0 fully saturated rings. The van der Waals surface area contributed by atoms with Crippen LogP contribution in [0.15, 0.2) is 0 Å². The van der Waals surface area contributed by atoms with Crippen molar-refractivity contribution in [3.8, 4) is 0 Å². The van der Waals surface area contributed by atoms with Crippen molar-refractivity contribution in [1.82, 2.24) is 0 Å². The lowest BCUT2D eigenvalue weighted by Gasteiger charge is -2.03. The maximum Gasteiger partial charge on any atom is 0.00104 e. The van der Waals surface area contributed by atoms with Crippen molar-refractivity contribution in [3.63, 3.8) is 0 Å². The van der Waals surface area contributed by atoms with Gasteiger partial charge in [-0.3, -0.25) is 0 Å². The smallest absolute Gasteiger partial charge is 0.00104 e. The molecule has 1 atom stereocenters. The predicted octanol–water partition coefficient (Wildman–Crippen LogP) is 2.65. The molecule has 0 bridgehead atoms. The number of hydrogen-bond donors (Lipinski definition) is 1. The van der Waals surface area contributed by atoms with E-state index in [1.165, 1.54) is 37.2 Å². The van der Waals surface area contributed by atoms with Gasteiger partial charge in [0.2, 0.25) is 0 Å². The fraction of sp³-hybridized carbons (Fsp3) is 1.00. The Bertz CT molecular complexity index is 74.0. The van der Waals surface area contributed by atoms with Crippen molar-refractivity contribution < 1.29 is 0 Å². The highest BCUT2D eigenvalue weighted by atomic mass is 32.2. The van der Waals surface area contributed by atoms with E-state index in [0.29, 0.717) is 6.04 Å². The van der Waals surface area contributed by atoms with Crippen LogP contribution in [-0.4, -0.2) is 17.5 Å². The van der Waals surface area contributed by atoms with Crippen molar-refractivity contribution >= 4 is 11.8 Å². The number of hydrogen-bond acceptors (Lipinski definition) is 2. The highest BCUT2D eigenvalue weighted by Gasteiger charge is 1.93. The molecule has 0 saturated heterocycles. The lowest BCUT2D eigenvalue weighted by Crippen LogP contribution is -2.13. The zero-order chi connectivity index (χ0) is 8.53. The summed E-state index contributed by atoms with van der Waals surface area (Å²) in [6.45, 7) is 4.30. The Morgan fingerprint density at radius 2 is 2.00 bits per heavy atom. The number of unbranched alkanes of at least 4 members (excludes halogenated alkanes) is 2. The molecule has 11 heavy (non-hydrogen) atoms. The topological polar surface area (TPSA) is 26.0 Å². The average Bonchev–Trinajstić information content (AvgIpc) is 1.96. The van der Waals surface area contributed by atoms with Crippen molar-refractivity contribution in [2.45, 2.75) is 45.6 Å². The summed E-state index contributed by atoms with van der Waals surface area (Å²) in [5.41, 5.74) is 5.63. The Kier molecular flexibility index (Phi) is 8.64. The van der Waals surface area contributed by atoms with E-state index in [-0.39, 0.29) is 0 Å². The lowest BCUT2D eigenvalue weighted by atomic mass is 10.1. The minimum atomic E-state index is 0.397. The number of nitrogens with two attached hydrogens (primary N) is 1. The molecule has 0 aliphatic heterocycles. The van der Waals surface area contributed by atoms with E-state index < -0.39 is 0 Å². The van der Waals surface area contributed by atoms with Crippen LogP contribution in [0.25, 0.3) is 0 Å². The van der Waals surface area contributed by atoms with Crippen LogP contribution >= 0.6 is 11.8 Å². The third-order valence-electron chi connectivity index (χ3n) is 1.65. The van der Waals surface area contributed by atoms with Gasteiger partial charge in [-0.25, -0.2) is 0 Å². The van der Waals surface area contributed by atoms with Gasteiger partial charge >= 0.3 is 0 Å². The van der Waals surface area contributed by atoms with Crippen LogP contribution in [0.3, 0.4) is 0 Å². The van der Waals surface area contributed by atoms with Gasteiger partial charge in [0.05, 0.1) is 0 Å². The first-order chi connectivity index (χ1) is 5.27. The monoisotopic (exact) mass is 175 g/mol. The summed E-state index contributed by atoms with van der Waals surface area (Å²) in [5, 5.41) is 0. The molecule has 0 saturated carbocycles. The fourth-order valence-corrected chi connectivity index (χ4v) is 1.69. The fourth-order valence-electron chi connectivity index (χ4n) is 0.992. The third kappa shape index (κ3) is 10.3. The first-order valence-electron chi connectivity index (χ1n) is 4.60. The molecule has 0 aromatic rings. The van der Waals surface area contributed by atoms with Gasteiger partial charge in [0.15, 0.2) is 0 Å². The van der Waals surface area contributed by atoms with Gasteiger partial charge in [-0.15, -0.1) is 0 Å². The second kappa shape index (κ2) is 8.41. The van der Waals surface area contributed by atoms with E-state index in [4.69, 9.17) is 5.73 Å². The molecular formula is C9H21NS. The van der Waals surface area contributed by atoms with Crippen molar-refractivity contribution in [2.24, 2.45) is 5.73 Å². The predicted molar refractivity (Wildman–Crippen MR) is 55.1 cm³/mol. The largest absolute Gasteiger partial charge is 0.328 e. The van der Waals surface area contributed by atoms with Gasteiger partial charge in [-0.1, -0.05) is 19.8 Å². The van der Waals surface area contributed by atoms with Gasteiger partial charge in [-0.05, 0) is 31.3 Å². The van der Waals surface area contributed by atoms with E-state index in [9.17, 15) is 0 Å². The lowest BCUT2D eigenvalue weighted by molar-refractivity contribution is 0.593. The second-order valence-electron chi connectivity index (χ2n) is 3.02. The second-order valence-corrected chi connectivity index (χ2v) is 4.42. The zero-order valence-corrected chi connectivity index (χ0v) is 8.62. The van der Waals surface area contributed by atoms with Crippen molar-refractivity contribution in [2.75, 3.05) is 11.5 Å². The zero-order valence-electron chi connectivity index (χ0n) is 7.81. The standard InChI is InChI=1S/C9H21NS/c1-3-11-8-6-4-5-7-9(2)10/h9H,3-8,10H2,1-2H3. The molecule has 0 aromatic heterocycles. The molecule has 2 N–H and O–H groups in total. The maximum atomic E-state index is 5.63. The quantitative estimate of drug-likeness (QED) is 0.602. The van der Waals surface area contributed by atoms with E-state index in [1.54, 1.807) is 0 Å². The molecule has 0 spiro atoms. The first-order valence-corrected chi connectivity index (χ1v) is 5.76. The Balaban J connectivity index is 2.80. The normalized spacial score (nSPS) is 13.4. The Labute approximate surface area is 75.1 Å². The summed E-state index contributed by atoms with van der Waals surface area (Å²) in [5.74, 6) is 2.59. The van der Waals surface area contributed by atoms with Crippen LogP contribution < -0.4 is 5.73 Å². The van der Waals surface area contributed by atoms with Crippen LogP contribution in [0.5, 0.6) is 0 Å². The Morgan fingerprint density at radius 3 is 2.55 bits per heavy atom. The minimum absolute atomic E-state index is 0.397. The van der Waals surface area contributed by atoms with Crippen LogP contribution in [0, 0.1) is 0 Å². The number of rotatable bonds is 7. The average molecular weight is 175 g/mol. The van der Waals surface area contributed by atoms with Gasteiger partial charge in [0, 0.05) is 6.04 Å². The first kappa shape index (κ1) is 11.3. The summed E-state index contributed by atoms with van der Waals surface area (Å²) >= 11 is 2.04. The molecule has 0 aliphatic rings. The van der Waals surface area contributed by atoms with E-state index >= 15 is 0 Å². The summed E-state index contributed by atoms with van der Waals surface area (Å²) < 4.78 is 0. The summed E-state index contributed by atoms with van der Waals surface area (Å²) in [6, 6.07) is 0.397. The van der Waals surface area contributed by atoms with E-state index in [1.807, 2.05) is 11.8 Å². The Hall–Kier alpha value is 0.310. The van der Waals surface area contributed by atoms with E-state index in [0.717, 1.165) is 0 Å². The molecule has 0 aromatic carbocycles. The summed E-state index contributed by atoms with van der Waals surface area (Å²) in [4.78, 5) is 0. The van der Waals surface area contributed by atoms with Crippen LogP contribution in [0.4, 0.5) is 0 Å². The van der Waals surface area contributed by atoms with Gasteiger partial charge in [0.1, 0.15) is 0 Å². The molecule has 0 aliphatic carbocycles. The molecule has 0 amide bonds. The van der Waals surface area contributed by atoms with Gasteiger partial charge in [-0.2, -0.15) is 11.8 Å². The molecule has 68 valence electrons. The molecular weight excluding hydrogens is 154 g/mol. The maximum absolute atomic E-state index is 5.63. The van der Waals surface area contributed by atoms with Crippen molar-refractivity contribution in [3.05, 3.63) is 0 Å². The van der Waals surface area contributed by atoms with Gasteiger partial charge in [0.25, 0.3) is 0 Å². The molecule has 2 heteroatoms.